The Labute approximate surface area is 341 Å². The van der Waals surface area contributed by atoms with Gasteiger partial charge in [-0.2, -0.15) is 0 Å². The van der Waals surface area contributed by atoms with Gasteiger partial charge in [-0.3, -0.25) is 14.4 Å². The Hall–Kier alpha value is -3.96. The molecule has 0 amide bonds. The maximum atomic E-state index is 13.4. The Morgan fingerprint density at radius 3 is 0.842 bits per heavy atom. The maximum Gasteiger partial charge on any atom is 0.336 e. The second kappa shape index (κ2) is 35.2. The molecule has 0 spiro atoms. The van der Waals surface area contributed by atoms with Crippen molar-refractivity contribution >= 4 is 17.9 Å². The van der Waals surface area contributed by atoms with Crippen molar-refractivity contribution in [3.8, 4) is 0 Å². The van der Waals surface area contributed by atoms with E-state index in [9.17, 15) is 28.8 Å². The molecule has 57 heavy (non-hydrogen) atoms. The first-order valence-electron chi connectivity index (χ1n) is 22.1. The molecule has 0 unspecified atom stereocenters. The van der Waals surface area contributed by atoms with Crippen LogP contribution in [0.2, 0.25) is 0 Å². The number of unbranched alkanes of at least 4 members (excludes halogenated alkanes) is 15. The number of ether oxygens (including phenoxy) is 3. The normalized spacial score (nSPS) is 11.6. The third-order valence-corrected chi connectivity index (χ3v) is 9.55. The fourth-order valence-electron chi connectivity index (χ4n) is 6.06. The minimum Gasteiger partial charge on any atom is -0.464 e. The Kier molecular flexibility index (Phi) is 31.6. The van der Waals surface area contributed by atoms with E-state index < -0.39 is 35.0 Å². The first kappa shape index (κ1) is 51.1. The Balaban J connectivity index is 2.79. The lowest BCUT2D eigenvalue weighted by atomic mass is 10.1. The number of carbonyl (C=O) groups is 3. The Bertz CT molecular complexity index is 1300. The molecular weight excluding hydrogens is 727 g/mol. The number of allylic oxidation sites excluding steroid dienone is 6. The van der Waals surface area contributed by atoms with Crippen molar-refractivity contribution in [2.45, 2.75) is 195 Å². The second-order valence-electron chi connectivity index (χ2n) is 14.6. The van der Waals surface area contributed by atoms with Gasteiger partial charge < -0.3 is 14.2 Å². The van der Waals surface area contributed by atoms with Crippen molar-refractivity contribution in [3.63, 3.8) is 0 Å². The number of aromatic nitrogens is 3. The molecule has 0 bridgehead atoms. The zero-order valence-corrected chi connectivity index (χ0v) is 35.7. The minimum absolute atomic E-state index is 0.213. The lowest BCUT2D eigenvalue weighted by molar-refractivity contribution is -0.144. The highest BCUT2D eigenvalue weighted by atomic mass is 16.5. The molecule has 0 aliphatic rings. The van der Waals surface area contributed by atoms with Crippen molar-refractivity contribution in [1.29, 1.82) is 0 Å². The van der Waals surface area contributed by atoms with E-state index in [-0.39, 0.29) is 58.7 Å². The summed E-state index contributed by atoms with van der Waals surface area (Å²) in [6.07, 6.45) is 34.7. The molecular formula is C45H75N3O9. The van der Waals surface area contributed by atoms with E-state index in [1.165, 1.54) is 57.8 Å². The van der Waals surface area contributed by atoms with E-state index in [1.54, 1.807) is 0 Å². The first-order chi connectivity index (χ1) is 27.8. The van der Waals surface area contributed by atoms with Gasteiger partial charge in [0.25, 0.3) is 0 Å². The van der Waals surface area contributed by atoms with Crippen molar-refractivity contribution in [1.82, 2.24) is 13.7 Å². The molecule has 0 aliphatic heterocycles. The summed E-state index contributed by atoms with van der Waals surface area (Å²) in [5.74, 6) is -1.31. The van der Waals surface area contributed by atoms with Crippen molar-refractivity contribution < 1.29 is 28.6 Å². The van der Waals surface area contributed by atoms with E-state index in [4.69, 9.17) is 14.2 Å². The molecule has 0 saturated carbocycles. The third-order valence-electron chi connectivity index (χ3n) is 9.55. The molecule has 12 nitrogen and oxygen atoms in total. The van der Waals surface area contributed by atoms with Gasteiger partial charge in [0.2, 0.25) is 0 Å². The summed E-state index contributed by atoms with van der Waals surface area (Å²) in [6, 6.07) is 0. The van der Waals surface area contributed by atoms with Crippen LogP contribution >= 0.6 is 0 Å². The summed E-state index contributed by atoms with van der Waals surface area (Å²) in [7, 11) is 0. The summed E-state index contributed by atoms with van der Waals surface area (Å²) < 4.78 is 18.5. The summed E-state index contributed by atoms with van der Waals surface area (Å²) in [6.45, 7) is 4.98. The number of rotatable bonds is 36. The Morgan fingerprint density at radius 1 is 0.386 bits per heavy atom. The molecule has 0 atom stereocenters. The SMILES string of the molecule is CCCCC/C=C/CCCCC(=O)OCCn1c(=O)n(CCOC(=O)CCCC/C=C/CCCCC)c(=O)n(CCOC(=O)CCCC/C=C/CCCCC)c1=O. The van der Waals surface area contributed by atoms with Crippen LogP contribution in [0.25, 0.3) is 0 Å². The molecule has 0 fully saturated rings. The summed E-state index contributed by atoms with van der Waals surface area (Å²) in [5.41, 5.74) is -2.70. The molecule has 324 valence electrons. The Morgan fingerprint density at radius 2 is 0.614 bits per heavy atom. The zero-order chi connectivity index (χ0) is 41.8. The van der Waals surface area contributed by atoms with Gasteiger partial charge in [-0.05, 0) is 96.3 Å². The van der Waals surface area contributed by atoms with Gasteiger partial charge in [-0.25, -0.2) is 28.1 Å². The second-order valence-corrected chi connectivity index (χ2v) is 14.6. The molecule has 0 aliphatic carbocycles. The fourth-order valence-corrected chi connectivity index (χ4v) is 6.06. The highest BCUT2D eigenvalue weighted by Gasteiger charge is 2.17. The topological polar surface area (TPSA) is 145 Å². The number of hydrogen-bond donors (Lipinski definition) is 0. The largest absolute Gasteiger partial charge is 0.464 e. The molecule has 0 saturated heterocycles. The van der Waals surface area contributed by atoms with Crippen LogP contribution in [0.15, 0.2) is 50.8 Å². The van der Waals surface area contributed by atoms with E-state index in [2.05, 4.69) is 57.2 Å². The van der Waals surface area contributed by atoms with Crippen LogP contribution in [0.3, 0.4) is 0 Å². The van der Waals surface area contributed by atoms with Crippen LogP contribution in [-0.2, 0) is 48.2 Å². The lowest BCUT2D eigenvalue weighted by Gasteiger charge is -2.14. The van der Waals surface area contributed by atoms with Gasteiger partial charge in [-0.1, -0.05) is 95.8 Å². The molecule has 1 aromatic heterocycles. The lowest BCUT2D eigenvalue weighted by Crippen LogP contribution is -2.55. The van der Waals surface area contributed by atoms with Gasteiger partial charge in [-0.15, -0.1) is 0 Å². The van der Waals surface area contributed by atoms with Crippen LogP contribution in [0, 0.1) is 0 Å². The minimum atomic E-state index is -0.902. The smallest absolute Gasteiger partial charge is 0.336 e. The van der Waals surface area contributed by atoms with E-state index in [1.807, 2.05) is 0 Å². The summed E-state index contributed by atoms with van der Waals surface area (Å²) in [4.78, 5) is 77.4. The van der Waals surface area contributed by atoms with E-state index in [0.717, 1.165) is 71.5 Å². The molecule has 0 N–H and O–H groups in total. The predicted molar refractivity (Wildman–Crippen MR) is 227 cm³/mol. The number of esters is 3. The van der Waals surface area contributed by atoms with E-state index in [0.29, 0.717) is 19.3 Å². The average molecular weight is 802 g/mol. The zero-order valence-electron chi connectivity index (χ0n) is 35.7. The molecule has 0 radical (unpaired) electrons. The molecule has 12 heteroatoms. The van der Waals surface area contributed by atoms with Gasteiger partial charge in [0.1, 0.15) is 19.8 Å². The predicted octanol–water partition coefficient (Wildman–Crippen LogP) is 8.89. The van der Waals surface area contributed by atoms with E-state index >= 15 is 0 Å². The molecule has 1 aromatic rings. The van der Waals surface area contributed by atoms with Crippen LogP contribution in [0.5, 0.6) is 0 Å². The quantitative estimate of drug-likeness (QED) is 0.0281. The highest BCUT2D eigenvalue weighted by molar-refractivity contribution is 5.69. The van der Waals surface area contributed by atoms with Crippen molar-refractivity contribution in [2.75, 3.05) is 19.8 Å². The number of carbonyl (C=O) groups excluding carboxylic acids is 3. The van der Waals surface area contributed by atoms with Gasteiger partial charge in [0.05, 0.1) is 19.6 Å². The molecule has 0 aromatic carbocycles. The fraction of sp³-hybridized carbons (Fsp3) is 0.733. The highest BCUT2D eigenvalue weighted by Crippen LogP contribution is 2.08. The van der Waals surface area contributed by atoms with Gasteiger partial charge >= 0.3 is 35.0 Å². The molecule has 1 rings (SSSR count). The number of nitrogens with zero attached hydrogens (tertiary/aromatic N) is 3. The number of hydrogen-bond acceptors (Lipinski definition) is 9. The monoisotopic (exact) mass is 802 g/mol. The standard InChI is InChI=1S/C45H75N3O9/c1-4-7-10-13-16-19-22-25-28-31-40(49)55-37-34-46-43(52)47(35-38-56-41(50)32-29-26-23-20-17-14-11-8-5-2)45(54)48(44(46)53)36-39-57-42(51)33-30-27-24-21-18-15-12-9-6-3/h16-21H,4-15,22-39H2,1-3H3/b19-16+,20-17+,21-18+. The van der Waals surface area contributed by atoms with Gasteiger partial charge in [0.15, 0.2) is 0 Å². The van der Waals surface area contributed by atoms with Crippen LogP contribution < -0.4 is 17.1 Å². The third kappa shape index (κ3) is 25.8. The van der Waals surface area contributed by atoms with Gasteiger partial charge in [0, 0.05) is 19.3 Å². The van der Waals surface area contributed by atoms with Crippen LogP contribution in [0.4, 0.5) is 0 Å². The van der Waals surface area contributed by atoms with Crippen molar-refractivity contribution in [3.05, 3.63) is 67.9 Å². The summed E-state index contributed by atoms with van der Waals surface area (Å²) in [5, 5.41) is 0. The first-order valence-corrected chi connectivity index (χ1v) is 22.1. The maximum absolute atomic E-state index is 13.4. The average Bonchev–Trinajstić information content (AvgIpc) is 3.19. The van der Waals surface area contributed by atoms with Crippen LogP contribution in [0.1, 0.15) is 175 Å². The van der Waals surface area contributed by atoms with Crippen molar-refractivity contribution in [2.24, 2.45) is 0 Å². The summed E-state index contributed by atoms with van der Waals surface area (Å²) >= 11 is 0. The van der Waals surface area contributed by atoms with Crippen LogP contribution in [-0.4, -0.2) is 51.4 Å². The molecule has 1 heterocycles.